The van der Waals surface area contributed by atoms with E-state index in [-0.39, 0.29) is 17.2 Å². The number of nitrogens with zero attached hydrogens (tertiary/aromatic N) is 1. The Morgan fingerprint density at radius 2 is 2.00 bits per heavy atom. The zero-order valence-corrected chi connectivity index (χ0v) is 13.0. The van der Waals surface area contributed by atoms with Gasteiger partial charge in [-0.25, -0.2) is 8.42 Å². The van der Waals surface area contributed by atoms with Gasteiger partial charge < -0.3 is 9.47 Å². The zero-order chi connectivity index (χ0) is 15.9. The second-order valence-electron chi connectivity index (χ2n) is 4.24. The van der Waals surface area contributed by atoms with Gasteiger partial charge in [0.25, 0.3) is 0 Å². The number of rotatable bonds is 9. The Morgan fingerprint density at radius 1 is 1.29 bits per heavy atom. The van der Waals surface area contributed by atoms with Gasteiger partial charge in [-0.3, -0.25) is 10.1 Å². The SMILES string of the molecule is COc1ccc(OCCCCCS(=O)(=O)Cl)cc1[N+](=O)[O-]. The average Bonchev–Trinajstić information content (AvgIpc) is 2.41. The second-order valence-corrected chi connectivity index (χ2v) is 7.14. The molecule has 0 atom stereocenters. The third kappa shape index (κ3) is 6.63. The van der Waals surface area contributed by atoms with Crippen LogP contribution in [0, 0.1) is 10.1 Å². The number of nitro benzene ring substituents is 1. The topological polar surface area (TPSA) is 95.7 Å². The molecule has 0 aliphatic carbocycles. The minimum atomic E-state index is -3.44. The highest BCUT2D eigenvalue weighted by atomic mass is 35.7. The van der Waals surface area contributed by atoms with E-state index in [1.165, 1.54) is 19.2 Å². The Balaban J connectivity index is 2.42. The highest BCUT2D eigenvalue weighted by Gasteiger charge is 2.15. The van der Waals surface area contributed by atoms with Crippen LogP contribution in [0.2, 0.25) is 0 Å². The van der Waals surface area contributed by atoms with Crippen molar-refractivity contribution in [2.24, 2.45) is 0 Å². The molecule has 0 heterocycles. The lowest BCUT2D eigenvalue weighted by atomic mass is 10.2. The predicted molar refractivity (Wildman–Crippen MR) is 78.6 cm³/mol. The second kappa shape index (κ2) is 8.04. The summed E-state index contributed by atoms with van der Waals surface area (Å²) < 4.78 is 31.7. The van der Waals surface area contributed by atoms with Crippen LogP contribution in [0.1, 0.15) is 19.3 Å². The Morgan fingerprint density at radius 3 is 2.57 bits per heavy atom. The number of hydrogen-bond acceptors (Lipinski definition) is 6. The van der Waals surface area contributed by atoms with Gasteiger partial charge in [-0.1, -0.05) is 0 Å². The fourth-order valence-electron chi connectivity index (χ4n) is 1.65. The smallest absolute Gasteiger partial charge is 0.314 e. The van der Waals surface area contributed by atoms with Crippen LogP contribution in [0.25, 0.3) is 0 Å². The highest BCUT2D eigenvalue weighted by Crippen LogP contribution is 2.30. The van der Waals surface area contributed by atoms with Crippen molar-refractivity contribution >= 4 is 25.4 Å². The van der Waals surface area contributed by atoms with Crippen molar-refractivity contribution in [2.75, 3.05) is 19.5 Å². The van der Waals surface area contributed by atoms with Crippen LogP contribution in [0.3, 0.4) is 0 Å². The summed E-state index contributed by atoms with van der Waals surface area (Å²) in [7, 11) is 2.99. The van der Waals surface area contributed by atoms with Gasteiger partial charge in [0.15, 0.2) is 5.75 Å². The molecule has 1 aromatic rings. The van der Waals surface area contributed by atoms with Gasteiger partial charge in [-0.05, 0) is 31.4 Å². The van der Waals surface area contributed by atoms with E-state index in [0.717, 1.165) is 0 Å². The number of nitro groups is 1. The average molecular weight is 338 g/mol. The molecule has 0 fully saturated rings. The molecular weight excluding hydrogens is 322 g/mol. The third-order valence-electron chi connectivity index (χ3n) is 2.65. The molecule has 1 aromatic carbocycles. The maximum absolute atomic E-state index is 10.8. The number of unbranched alkanes of at least 4 members (excludes halogenated alkanes) is 2. The number of halogens is 1. The Kier molecular flexibility index (Phi) is 6.70. The van der Waals surface area contributed by atoms with Gasteiger partial charge >= 0.3 is 5.69 Å². The molecule has 0 saturated carbocycles. The van der Waals surface area contributed by atoms with Gasteiger partial charge in [0.2, 0.25) is 9.05 Å². The number of ether oxygens (including phenoxy) is 2. The maximum atomic E-state index is 10.8. The molecule has 0 radical (unpaired) electrons. The first-order chi connectivity index (χ1) is 9.83. The molecule has 0 N–H and O–H groups in total. The molecule has 0 amide bonds. The van der Waals surface area contributed by atoms with E-state index in [2.05, 4.69) is 0 Å². The first-order valence-corrected chi connectivity index (χ1v) is 8.69. The van der Waals surface area contributed by atoms with E-state index in [1.54, 1.807) is 6.07 Å². The first-order valence-electron chi connectivity index (χ1n) is 6.21. The number of hydrogen-bond donors (Lipinski definition) is 0. The lowest BCUT2D eigenvalue weighted by molar-refractivity contribution is -0.385. The lowest BCUT2D eigenvalue weighted by Gasteiger charge is -2.07. The van der Waals surface area contributed by atoms with E-state index in [0.29, 0.717) is 31.6 Å². The van der Waals surface area contributed by atoms with Crippen LogP contribution in [-0.4, -0.2) is 32.8 Å². The highest BCUT2D eigenvalue weighted by molar-refractivity contribution is 8.13. The molecule has 7 nitrogen and oxygen atoms in total. The summed E-state index contributed by atoms with van der Waals surface area (Å²) in [5.74, 6) is 0.467. The maximum Gasteiger partial charge on any atom is 0.314 e. The van der Waals surface area contributed by atoms with Crippen molar-refractivity contribution in [3.05, 3.63) is 28.3 Å². The summed E-state index contributed by atoms with van der Waals surface area (Å²) in [5.41, 5.74) is -0.164. The monoisotopic (exact) mass is 337 g/mol. The summed E-state index contributed by atoms with van der Waals surface area (Å²) in [4.78, 5) is 10.3. The van der Waals surface area contributed by atoms with Gasteiger partial charge in [0.05, 0.1) is 30.5 Å². The van der Waals surface area contributed by atoms with Crippen LogP contribution in [0.4, 0.5) is 5.69 Å². The largest absolute Gasteiger partial charge is 0.493 e. The van der Waals surface area contributed by atoms with Crippen molar-refractivity contribution < 1.29 is 22.8 Å². The molecule has 0 unspecified atom stereocenters. The molecule has 21 heavy (non-hydrogen) atoms. The van der Waals surface area contributed by atoms with E-state index < -0.39 is 14.0 Å². The van der Waals surface area contributed by atoms with Gasteiger partial charge in [0, 0.05) is 10.7 Å². The molecule has 9 heteroatoms. The van der Waals surface area contributed by atoms with Crippen LogP contribution in [-0.2, 0) is 9.05 Å². The third-order valence-corrected chi connectivity index (χ3v) is 3.89. The lowest BCUT2D eigenvalue weighted by Crippen LogP contribution is -2.01. The molecule has 0 spiro atoms. The van der Waals surface area contributed by atoms with Gasteiger partial charge in [-0.2, -0.15) is 0 Å². The Bertz CT molecular complexity index is 589. The fraction of sp³-hybridized carbons (Fsp3) is 0.500. The molecule has 0 aliphatic heterocycles. The summed E-state index contributed by atoms with van der Waals surface area (Å²) in [6, 6.07) is 4.34. The summed E-state index contributed by atoms with van der Waals surface area (Å²) in [5, 5.41) is 10.8. The van der Waals surface area contributed by atoms with Crippen LogP contribution >= 0.6 is 10.7 Å². The standard InChI is InChI=1S/C12H16ClNO6S/c1-19-12-6-5-10(9-11(12)14(15)16)20-7-3-2-4-8-21(13,17)18/h5-6,9H,2-4,7-8H2,1H3. The van der Waals surface area contributed by atoms with Gasteiger partial charge in [0.1, 0.15) is 5.75 Å². The van der Waals surface area contributed by atoms with E-state index >= 15 is 0 Å². The molecule has 118 valence electrons. The van der Waals surface area contributed by atoms with E-state index in [4.69, 9.17) is 20.2 Å². The molecule has 0 bridgehead atoms. The molecule has 0 aliphatic rings. The Hall–Kier alpha value is -1.54. The van der Waals surface area contributed by atoms with Crippen LogP contribution in [0.5, 0.6) is 11.5 Å². The molecule has 0 saturated heterocycles. The van der Waals surface area contributed by atoms with E-state index in [1.807, 2.05) is 0 Å². The molecule has 1 rings (SSSR count). The summed E-state index contributed by atoms with van der Waals surface area (Å²) in [6.45, 7) is 0.339. The van der Waals surface area contributed by atoms with Gasteiger partial charge in [-0.15, -0.1) is 0 Å². The molecular formula is C12H16ClNO6S. The van der Waals surface area contributed by atoms with E-state index in [9.17, 15) is 18.5 Å². The fourth-order valence-corrected chi connectivity index (χ4v) is 2.52. The van der Waals surface area contributed by atoms with Crippen molar-refractivity contribution in [2.45, 2.75) is 19.3 Å². The summed E-state index contributed by atoms with van der Waals surface area (Å²) in [6.07, 6.45) is 1.73. The van der Waals surface area contributed by atoms with Crippen molar-refractivity contribution in [1.82, 2.24) is 0 Å². The van der Waals surface area contributed by atoms with Crippen LogP contribution in [0.15, 0.2) is 18.2 Å². The minimum absolute atomic E-state index is 0.0669. The number of benzene rings is 1. The van der Waals surface area contributed by atoms with Crippen LogP contribution < -0.4 is 9.47 Å². The Labute approximate surface area is 127 Å². The quantitative estimate of drug-likeness (QED) is 0.297. The zero-order valence-electron chi connectivity index (χ0n) is 11.5. The normalized spacial score (nSPS) is 11.1. The van der Waals surface area contributed by atoms with Crippen molar-refractivity contribution in [3.63, 3.8) is 0 Å². The van der Waals surface area contributed by atoms with Crippen molar-refractivity contribution in [3.8, 4) is 11.5 Å². The summed E-state index contributed by atoms with van der Waals surface area (Å²) >= 11 is 0. The predicted octanol–water partition coefficient (Wildman–Crippen LogP) is 2.72. The molecule has 0 aromatic heterocycles. The minimum Gasteiger partial charge on any atom is -0.493 e. The van der Waals surface area contributed by atoms with Crippen molar-refractivity contribution in [1.29, 1.82) is 0 Å². The number of methoxy groups -OCH3 is 1. The first kappa shape index (κ1) is 17.5.